The van der Waals surface area contributed by atoms with E-state index >= 15 is 0 Å². The highest BCUT2D eigenvalue weighted by Crippen LogP contribution is 2.28. The summed E-state index contributed by atoms with van der Waals surface area (Å²) in [5, 5.41) is 5.28. The summed E-state index contributed by atoms with van der Waals surface area (Å²) in [7, 11) is 0. The molecule has 142 valence electrons. The molecule has 0 aliphatic carbocycles. The van der Waals surface area contributed by atoms with Gasteiger partial charge in [-0.15, -0.1) is 0 Å². The SMILES string of the molecule is O=C(Nc1cccc2ccccc12)C1CN(c2cc(-c3ccccc3)ncn2)C1. The molecule has 0 saturated carbocycles. The van der Waals surface area contributed by atoms with Gasteiger partial charge in [0.1, 0.15) is 12.1 Å². The second-order valence-corrected chi connectivity index (χ2v) is 7.25. The van der Waals surface area contributed by atoms with Crippen LogP contribution in [0.4, 0.5) is 11.5 Å². The number of anilines is 2. The van der Waals surface area contributed by atoms with Gasteiger partial charge in [0.05, 0.1) is 11.6 Å². The summed E-state index contributed by atoms with van der Waals surface area (Å²) in [5.41, 5.74) is 2.81. The Morgan fingerprint density at radius 2 is 1.66 bits per heavy atom. The van der Waals surface area contributed by atoms with E-state index in [0.717, 1.165) is 33.5 Å². The summed E-state index contributed by atoms with van der Waals surface area (Å²) in [4.78, 5) is 23.6. The van der Waals surface area contributed by atoms with E-state index in [4.69, 9.17) is 0 Å². The van der Waals surface area contributed by atoms with Crippen LogP contribution in [0, 0.1) is 5.92 Å². The lowest BCUT2D eigenvalue weighted by molar-refractivity contribution is -0.120. The van der Waals surface area contributed by atoms with Gasteiger partial charge in [0.25, 0.3) is 0 Å². The molecule has 2 heterocycles. The van der Waals surface area contributed by atoms with Gasteiger partial charge in [-0.05, 0) is 11.5 Å². The first-order valence-corrected chi connectivity index (χ1v) is 9.69. The summed E-state index contributed by atoms with van der Waals surface area (Å²) in [5.74, 6) is 0.854. The maximum Gasteiger partial charge on any atom is 0.231 e. The van der Waals surface area contributed by atoms with E-state index in [-0.39, 0.29) is 11.8 Å². The van der Waals surface area contributed by atoms with E-state index in [1.54, 1.807) is 6.33 Å². The van der Waals surface area contributed by atoms with Gasteiger partial charge in [-0.1, -0.05) is 66.7 Å². The van der Waals surface area contributed by atoms with Crippen LogP contribution in [0.2, 0.25) is 0 Å². The lowest BCUT2D eigenvalue weighted by atomic mass is 9.98. The second-order valence-electron chi connectivity index (χ2n) is 7.25. The zero-order valence-electron chi connectivity index (χ0n) is 15.8. The van der Waals surface area contributed by atoms with E-state index in [1.165, 1.54) is 0 Å². The minimum Gasteiger partial charge on any atom is -0.355 e. The number of nitrogens with one attached hydrogen (secondary N) is 1. The molecule has 29 heavy (non-hydrogen) atoms. The molecule has 5 rings (SSSR count). The minimum absolute atomic E-state index is 0.0509. The largest absolute Gasteiger partial charge is 0.355 e. The molecule has 0 unspecified atom stereocenters. The van der Waals surface area contributed by atoms with Crippen molar-refractivity contribution in [2.45, 2.75) is 0 Å². The van der Waals surface area contributed by atoms with Crippen LogP contribution in [-0.4, -0.2) is 29.0 Å². The van der Waals surface area contributed by atoms with Crippen molar-refractivity contribution in [1.29, 1.82) is 0 Å². The van der Waals surface area contributed by atoms with E-state index in [9.17, 15) is 4.79 Å². The standard InChI is InChI=1S/C24H20N4O/c29-24(27-21-12-6-10-17-7-4-5-11-20(17)21)19-14-28(15-19)23-13-22(25-16-26-23)18-8-2-1-3-9-18/h1-13,16,19H,14-15H2,(H,27,29). The lowest BCUT2D eigenvalue weighted by Gasteiger charge is -2.39. The van der Waals surface area contributed by atoms with Crippen LogP contribution in [0.5, 0.6) is 0 Å². The maximum atomic E-state index is 12.7. The molecule has 1 aliphatic heterocycles. The topological polar surface area (TPSA) is 58.1 Å². The number of rotatable bonds is 4. The van der Waals surface area contributed by atoms with Gasteiger partial charge in [-0.2, -0.15) is 0 Å². The zero-order valence-corrected chi connectivity index (χ0v) is 15.8. The molecular weight excluding hydrogens is 360 g/mol. The molecule has 0 bridgehead atoms. The predicted molar refractivity (Wildman–Crippen MR) is 116 cm³/mol. The van der Waals surface area contributed by atoms with Crippen molar-refractivity contribution in [2.75, 3.05) is 23.3 Å². The van der Waals surface area contributed by atoms with Gasteiger partial charge in [-0.3, -0.25) is 4.79 Å². The molecule has 0 spiro atoms. The maximum absolute atomic E-state index is 12.7. The van der Waals surface area contributed by atoms with Crippen LogP contribution < -0.4 is 10.2 Å². The Bertz CT molecular complexity index is 1160. The highest BCUT2D eigenvalue weighted by Gasteiger charge is 2.33. The Hall–Kier alpha value is -3.73. The van der Waals surface area contributed by atoms with Gasteiger partial charge in [-0.25, -0.2) is 9.97 Å². The third kappa shape index (κ3) is 3.43. The van der Waals surface area contributed by atoms with Crippen molar-refractivity contribution in [2.24, 2.45) is 5.92 Å². The number of carbonyl (C=O) groups is 1. The molecule has 1 N–H and O–H groups in total. The average molecular weight is 380 g/mol. The number of fused-ring (bicyclic) bond motifs is 1. The van der Waals surface area contributed by atoms with Gasteiger partial charge in [0.2, 0.25) is 5.91 Å². The molecule has 5 heteroatoms. The fraction of sp³-hybridized carbons (Fsp3) is 0.125. The third-order valence-electron chi connectivity index (χ3n) is 5.35. The summed E-state index contributed by atoms with van der Waals surface area (Å²) in [6, 6.07) is 26.1. The van der Waals surface area contributed by atoms with Gasteiger partial charge in [0, 0.05) is 35.8 Å². The van der Waals surface area contributed by atoms with E-state index < -0.39 is 0 Å². The average Bonchev–Trinajstić information content (AvgIpc) is 2.74. The molecule has 1 aromatic heterocycles. The number of amides is 1. The van der Waals surface area contributed by atoms with Crippen LogP contribution in [0.25, 0.3) is 22.0 Å². The highest BCUT2D eigenvalue weighted by atomic mass is 16.2. The van der Waals surface area contributed by atoms with Crippen LogP contribution in [-0.2, 0) is 4.79 Å². The molecule has 5 nitrogen and oxygen atoms in total. The Kier molecular flexibility index (Phi) is 4.41. The minimum atomic E-state index is -0.0518. The van der Waals surface area contributed by atoms with E-state index in [2.05, 4.69) is 32.3 Å². The van der Waals surface area contributed by atoms with Crippen molar-refractivity contribution in [3.63, 3.8) is 0 Å². The third-order valence-corrected chi connectivity index (χ3v) is 5.35. The quantitative estimate of drug-likeness (QED) is 0.571. The normalized spacial score (nSPS) is 13.9. The summed E-state index contributed by atoms with van der Waals surface area (Å²) >= 11 is 0. The van der Waals surface area contributed by atoms with Gasteiger partial charge < -0.3 is 10.2 Å². The first kappa shape index (κ1) is 17.4. The number of hydrogen-bond donors (Lipinski definition) is 1. The summed E-state index contributed by atoms with van der Waals surface area (Å²) in [6.07, 6.45) is 1.58. The fourth-order valence-corrected chi connectivity index (χ4v) is 3.69. The second kappa shape index (κ2) is 7.36. The molecular formula is C24H20N4O. The van der Waals surface area contributed by atoms with Gasteiger partial charge in [0.15, 0.2) is 0 Å². The number of nitrogens with zero attached hydrogens (tertiary/aromatic N) is 3. The number of aromatic nitrogens is 2. The van der Waals surface area contributed by atoms with Crippen molar-refractivity contribution in [3.8, 4) is 11.3 Å². The first-order chi connectivity index (χ1) is 14.3. The van der Waals surface area contributed by atoms with Crippen molar-refractivity contribution >= 4 is 28.2 Å². The monoisotopic (exact) mass is 380 g/mol. The van der Waals surface area contributed by atoms with E-state index in [1.807, 2.05) is 66.7 Å². The number of benzene rings is 3. The Morgan fingerprint density at radius 3 is 2.52 bits per heavy atom. The van der Waals surface area contributed by atoms with Crippen LogP contribution >= 0.6 is 0 Å². The summed E-state index contributed by atoms with van der Waals surface area (Å²) in [6.45, 7) is 1.31. The molecule has 4 aromatic rings. The number of hydrogen-bond acceptors (Lipinski definition) is 4. The Labute approximate surface area is 169 Å². The van der Waals surface area contributed by atoms with Crippen LogP contribution in [0.3, 0.4) is 0 Å². The molecule has 1 saturated heterocycles. The molecule has 1 fully saturated rings. The molecule has 0 atom stereocenters. The molecule has 3 aromatic carbocycles. The predicted octanol–water partition coefficient (Wildman–Crippen LogP) is 4.37. The van der Waals surface area contributed by atoms with Crippen molar-refractivity contribution in [3.05, 3.63) is 85.2 Å². The Morgan fingerprint density at radius 1 is 0.897 bits per heavy atom. The molecule has 1 amide bonds. The fourth-order valence-electron chi connectivity index (χ4n) is 3.69. The first-order valence-electron chi connectivity index (χ1n) is 9.69. The smallest absolute Gasteiger partial charge is 0.231 e. The highest BCUT2D eigenvalue weighted by molar-refractivity contribution is 6.03. The van der Waals surface area contributed by atoms with Gasteiger partial charge >= 0.3 is 0 Å². The lowest BCUT2D eigenvalue weighted by Crippen LogP contribution is -2.52. The van der Waals surface area contributed by atoms with E-state index in [0.29, 0.717) is 13.1 Å². The zero-order chi connectivity index (χ0) is 19.6. The Balaban J connectivity index is 1.27. The van der Waals surface area contributed by atoms with Crippen LogP contribution in [0.15, 0.2) is 85.2 Å². The number of carbonyl (C=O) groups excluding carboxylic acids is 1. The summed E-state index contributed by atoms with van der Waals surface area (Å²) < 4.78 is 0. The van der Waals surface area contributed by atoms with Crippen molar-refractivity contribution < 1.29 is 4.79 Å². The van der Waals surface area contributed by atoms with Crippen molar-refractivity contribution in [1.82, 2.24) is 9.97 Å². The molecule has 1 aliphatic rings. The molecule has 0 radical (unpaired) electrons. The van der Waals surface area contributed by atoms with Crippen LogP contribution in [0.1, 0.15) is 0 Å².